The number of esters is 1. The van der Waals surface area contributed by atoms with Crippen LogP contribution in [0.5, 0.6) is 0 Å². The molecule has 0 unspecified atom stereocenters. The third-order valence-electron chi connectivity index (χ3n) is 1.66. The summed E-state index contributed by atoms with van der Waals surface area (Å²) in [6.07, 6.45) is -2.84. The molecule has 1 aromatic rings. The molecule has 0 aliphatic heterocycles. The second-order valence-corrected chi connectivity index (χ2v) is 3.65. The van der Waals surface area contributed by atoms with Gasteiger partial charge in [0.2, 0.25) is 5.56 Å². The summed E-state index contributed by atoms with van der Waals surface area (Å²) >= 11 is 1.53. The molecular formula is C8H6F2INO3. The lowest BCUT2D eigenvalue weighted by molar-refractivity contribution is 0.0588. The molecule has 0 bridgehead atoms. The minimum absolute atomic E-state index is 0.0597. The maximum atomic E-state index is 12.6. The number of pyridine rings is 1. The van der Waals surface area contributed by atoms with Gasteiger partial charge in [-0.3, -0.25) is 4.79 Å². The molecule has 82 valence electrons. The monoisotopic (exact) mass is 329 g/mol. The van der Waals surface area contributed by atoms with Gasteiger partial charge in [-0.05, 0) is 22.6 Å². The number of H-pyrrole nitrogens is 1. The predicted octanol–water partition coefficient (Wildman–Crippen LogP) is 1.70. The number of ether oxygens (including phenoxy) is 1. The van der Waals surface area contributed by atoms with E-state index in [1.54, 1.807) is 0 Å². The van der Waals surface area contributed by atoms with Crippen molar-refractivity contribution in [3.63, 3.8) is 0 Å². The zero-order valence-electron chi connectivity index (χ0n) is 7.51. The fourth-order valence-corrected chi connectivity index (χ4v) is 1.82. The van der Waals surface area contributed by atoms with E-state index < -0.39 is 29.1 Å². The Hall–Kier alpha value is -0.990. The third kappa shape index (κ3) is 2.52. The van der Waals surface area contributed by atoms with Crippen LogP contribution >= 0.6 is 22.6 Å². The van der Waals surface area contributed by atoms with Crippen molar-refractivity contribution in [2.24, 2.45) is 0 Å². The van der Waals surface area contributed by atoms with Gasteiger partial charge in [0.1, 0.15) is 0 Å². The van der Waals surface area contributed by atoms with E-state index in [0.717, 1.165) is 13.2 Å². The van der Waals surface area contributed by atoms with Crippen LogP contribution in [0, 0.1) is 3.70 Å². The first-order valence-corrected chi connectivity index (χ1v) is 4.84. The van der Waals surface area contributed by atoms with Gasteiger partial charge in [-0.15, -0.1) is 0 Å². The molecular weight excluding hydrogens is 323 g/mol. The van der Waals surface area contributed by atoms with Gasteiger partial charge in [0, 0.05) is 6.07 Å². The van der Waals surface area contributed by atoms with Crippen molar-refractivity contribution < 1.29 is 18.3 Å². The summed E-state index contributed by atoms with van der Waals surface area (Å²) in [5.74, 6) is -0.950. The first-order chi connectivity index (χ1) is 6.97. The molecule has 4 nitrogen and oxygen atoms in total. The number of halogens is 3. The molecule has 1 aromatic heterocycles. The van der Waals surface area contributed by atoms with Gasteiger partial charge in [0.25, 0.3) is 6.43 Å². The molecule has 15 heavy (non-hydrogen) atoms. The summed E-state index contributed by atoms with van der Waals surface area (Å²) in [5.41, 5.74) is -1.54. The highest BCUT2D eigenvalue weighted by Crippen LogP contribution is 2.25. The van der Waals surface area contributed by atoms with Gasteiger partial charge in [-0.1, -0.05) is 0 Å². The van der Waals surface area contributed by atoms with Crippen LogP contribution in [-0.2, 0) is 4.74 Å². The van der Waals surface area contributed by atoms with Gasteiger partial charge >= 0.3 is 5.97 Å². The predicted molar refractivity (Wildman–Crippen MR) is 56.1 cm³/mol. The highest BCUT2D eigenvalue weighted by Gasteiger charge is 2.23. The number of nitrogens with one attached hydrogen (secondary N) is 1. The van der Waals surface area contributed by atoms with E-state index in [9.17, 15) is 18.4 Å². The molecule has 0 aliphatic carbocycles. The van der Waals surface area contributed by atoms with E-state index in [4.69, 9.17) is 0 Å². The van der Waals surface area contributed by atoms with Crippen LogP contribution in [0.2, 0.25) is 0 Å². The Morgan fingerprint density at radius 1 is 1.60 bits per heavy atom. The molecule has 0 saturated carbocycles. The van der Waals surface area contributed by atoms with E-state index in [1.165, 1.54) is 22.6 Å². The maximum absolute atomic E-state index is 12.6. The van der Waals surface area contributed by atoms with Gasteiger partial charge in [0.05, 0.1) is 21.9 Å². The van der Waals surface area contributed by atoms with Crippen molar-refractivity contribution in [2.45, 2.75) is 6.43 Å². The normalized spacial score (nSPS) is 10.5. The molecule has 0 radical (unpaired) electrons. The van der Waals surface area contributed by atoms with Gasteiger partial charge in [0.15, 0.2) is 0 Å². The molecule has 1 heterocycles. The quantitative estimate of drug-likeness (QED) is 0.510. The molecule has 0 fully saturated rings. The Labute approximate surface area is 96.8 Å². The van der Waals surface area contributed by atoms with Crippen molar-refractivity contribution in [2.75, 3.05) is 7.11 Å². The van der Waals surface area contributed by atoms with Crippen molar-refractivity contribution in [1.29, 1.82) is 0 Å². The molecule has 0 spiro atoms. The molecule has 1 N–H and O–H groups in total. The Bertz CT molecular complexity index is 444. The topological polar surface area (TPSA) is 59.2 Å². The molecule has 0 saturated heterocycles. The van der Waals surface area contributed by atoms with Gasteiger partial charge in [-0.2, -0.15) is 0 Å². The molecule has 0 aliphatic rings. The first-order valence-electron chi connectivity index (χ1n) is 3.76. The van der Waals surface area contributed by atoms with Crippen molar-refractivity contribution >= 4 is 28.6 Å². The average molecular weight is 329 g/mol. The Morgan fingerprint density at radius 3 is 2.67 bits per heavy atom. The summed E-state index contributed by atoms with van der Waals surface area (Å²) < 4.78 is 29.4. The van der Waals surface area contributed by atoms with E-state index in [1.807, 2.05) is 0 Å². The summed E-state index contributed by atoms with van der Waals surface area (Å²) in [4.78, 5) is 24.3. The Morgan fingerprint density at radius 2 is 2.20 bits per heavy atom. The maximum Gasteiger partial charge on any atom is 0.338 e. The lowest BCUT2D eigenvalue weighted by atomic mass is 10.1. The van der Waals surface area contributed by atoms with E-state index >= 15 is 0 Å². The summed E-state index contributed by atoms with van der Waals surface area (Å²) in [5, 5.41) is 0. The molecule has 0 atom stereocenters. The molecule has 0 amide bonds. The first kappa shape index (κ1) is 12.1. The zero-order chi connectivity index (χ0) is 11.6. The standard InChI is InChI=1S/C8H6F2INO3/c1-15-8(14)3-2-4(13)12-7(11)5(3)6(9)10/h2,6H,1H3,(H,12,13). The van der Waals surface area contributed by atoms with Crippen molar-refractivity contribution in [3.05, 3.63) is 31.2 Å². The van der Waals surface area contributed by atoms with Crippen LogP contribution in [0.15, 0.2) is 10.9 Å². The number of carbonyl (C=O) groups excluding carboxylic acids is 1. The van der Waals surface area contributed by atoms with Crippen LogP contribution in [0.3, 0.4) is 0 Å². The van der Waals surface area contributed by atoms with Gasteiger partial charge in [-0.25, -0.2) is 13.6 Å². The second kappa shape index (κ2) is 4.69. The summed E-state index contributed by atoms with van der Waals surface area (Å²) in [6, 6.07) is 0.801. The van der Waals surface area contributed by atoms with Crippen LogP contribution in [0.1, 0.15) is 22.3 Å². The van der Waals surface area contributed by atoms with E-state index in [-0.39, 0.29) is 3.70 Å². The van der Waals surface area contributed by atoms with Crippen LogP contribution in [0.25, 0.3) is 0 Å². The highest BCUT2D eigenvalue weighted by atomic mass is 127. The van der Waals surface area contributed by atoms with Gasteiger partial charge < -0.3 is 9.72 Å². The minimum Gasteiger partial charge on any atom is -0.465 e. The van der Waals surface area contributed by atoms with Crippen LogP contribution < -0.4 is 5.56 Å². The number of aromatic nitrogens is 1. The number of alkyl halides is 2. The number of hydrogen-bond donors (Lipinski definition) is 1. The molecule has 1 rings (SSSR count). The van der Waals surface area contributed by atoms with E-state index in [2.05, 4.69) is 9.72 Å². The molecule has 7 heteroatoms. The summed E-state index contributed by atoms with van der Waals surface area (Å²) in [6.45, 7) is 0. The van der Waals surface area contributed by atoms with Crippen molar-refractivity contribution in [3.8, 4) is 0 Å². The highest BCUT2D eigenvalue weighted by molar-refractivity contribution is 14.1. The lowest BCUT2D eigenvalue weighted by Crippen LogP contribution is -2.17. The van der Waals surface area contributed by atoms with E-state index in [0.29, 0.717) is 0 Å². The fraction of sp³-hybridized carbons (Fsp3) is 0.250. The zero-order valence-corrected chi connectivity index (χ0v) is 9.67. The molecule has 0 aromatic carbocycles. The van der Waals surface area contributed by atoms with Crippen LogP contribution in [0.4, 0.5) is 8.78 Å². The minimum atomic E-state index is -2.84. The smallest absolute Gasteiger partial charge is 0.338 e. The van der Waals surface area contributed by atoms with Crippen molar-refractivity contribution in [1.82, 2.24) is 4.98 Å². The fourth-order valence-electron chi connectivity index (χ4n) is 1.03. The number of hydrogen-bond acceptors (Lipinski definition) is 3. The summed E-state index contributed by atoms with van der Waals surface area (Å²) in [7, 11) is 1.06. The number of rotatable bonds is 2. The van der Waals surface area contributed by atoms with Crippen LogP contribution in [-0.4, -0.2) is 18.1 Å². The number of carbonyl (C=O) groups is 1. The second-order valence-electron chi connectivity index (χ2n) is 2.57. The Balaban J connectivity index is 3.46. The SMILES string of the molecule is COC(=O)c1cc(=O)[nH]c(I)c1C(F)F. The largest absolute Gasteiger partial charge is 0.465 e. The number of methoxy groups -OCH3 is 1. The average Bonchev–Trinajstić information content (AvgIpc) is 2.14. The Kier molecular flexibility index (Phi) is 3.77. The lowest BCUT2D eigenvalue weighted by Gasteiger charge is -2.08. The third-order valence-corrected chi connectivity index (χ3v) is 2.51. The number of aromatic amines is 1.